The van der Waals surface area contributed by atoms with Crippen LogP contribution in [0, 0.1) is 0 Å². The van der Waals surface area contributed by atoms with E-state index in [0.29, 0.717) is 5.95 Å². The van der Waals surface area contributed by atoms with Crippen LogP contribution >= 0.6 is 0 Å². The Balaban J connectivity index is 1.46. The summed E-state index contributed by atoms with van der Waals surface area (Å²) in [7, 11) is 0. The van der Waals surface area contributed by atoms with Crippen molar-refractivity contribution in [1.82, 2.24) is 46.9 Å². The molecule has 3 rings (SSSR count). The minimum atomic E-state index is 0.702. The molecule has 3 heterocycles. The second kappa shape index (κ2) is 29.9. The van der Waals surface area contributed by atoms with Gasteiger partial charge in [0.2, 0.25) is 17.8 Å². The molecule has 2 saturated heterocycles. The third-order valence-corrected chi connectivity index (χ3v) is 9.64. The van der Waals surface area contributed by atoms with Gasteiger partial charge < -0.3 is 47.0 Å². The van der Waals surface area contributed by atoms with Gasteiger partial charge in [-0.1, -0.05) is 103 Å². The molecule has 2 fully saturated rings. The maximum atomic E-state index is 5.10. The number of unbranched alkanes of at least 4 members (excludes halogenated alkanes) is 15. The summed E-state index contributed by atoms with van der Waals surface area (Å²) in [6, 6.07) is 0. The lowest BCUT2D eigenvalue weighted by Crippen LogP contribution is -2.43. The van der Waals surface area contributed by atoms with Gasteiger partial charge in [-0.15, -0.1) is 0 Å². The van der Waals surface area contributed by atoms with Crippen LogP contribution in [0.3, 0.4) is 0 Å². The van der Waals surface area contributed by atoms with Crippen LogP contribution in [0.15, 0.2) is 0 Å². The van der Waals surface area contributed by atoms with Gasteiger partial charge in [0.1, 0.15) is 0 Å². The average Bonchev–Trinajstić information content (AvgIpc) is 3.10. The molecule has 0 saturated carbocycles. The van der Waals surface area contributed by atoms with E-state index in [1.54, 1.807) is 0 Å². The smallest absolute Gasteiger partial charge is 0.232 e. The van der Waals surface area contributed by atoms with Gasteiger partial charge in [-0.2, -0.15) is 15.0 Å². The van der Waals surface area contributed by atoms with E-state index >= 15 is 0 Å². The Morgan fingerprint density at radius 2 is 0.714 bits per heavy atom. The lowest BCUT2D eigenvalue weighted by molar-refractivity contribution is 0.530. The summed E-state index contributed by atoms with van der Waals surface area (Å²) >= 11 is 0. The van der Waals surface area contributed by atoms with Crippen LogP contribution in [0.5, 0.6) is 0 Å². The first kappa shape index (κ1) is 41.6. The second-order valence-electron chi connectivity index (χ2n) is 14.0. The molecule has 2 aliphatic heterocycles. The van der Waals surface area contributed by atoms with Crippen molar-refractivity contribution in [3.63, 3.8) is 0 Å². The average molecular weight is 689 g/mol. The summed E-state index contributed by atoms with van der Waals surface area (Å²) in [6.45, 7) is 18.0. The predicted octanol–water partition coefficient (Wildman–Crippen LogP) is 3.72. The molecule has 7 N–H and O–H groups in total. The second-order valence-corrected chi connectivity index (χ2v) is 14.0. The van der Waals surface area contributed by atoms with Crippen molar-refractivity contribution in [2.75, 3.05) is 126 Å². The maximum absolute atomic E-state index is 5.10. The van der Waals surface area contributed by atoms with E-state index in [4.69, 9.17) is 15.0 Å². The Labute approximate surface area is 300 Å². The fraction of sp³-hybridized carbons (Fsp3) is 0.919. The fourth-order valence-electron chi connectivity index (χ4n) is 6.53. The molecule has 0 aromatic carbocycles. The largest absolute Gasteiger partial charge is 0.354 e. The number of aromatic nitrogens is 3. The van der Waals surface area contributed by atoms with E-state index in [-0.39, 0.29) is 0 Å². The van der Waals surface area contributed by atoms with Crippen LogP contribution in [-0.2, 0) is 0 Å². The normalized spacial score (nSPS) is 18.2. The lowest BCUT2D eigenvalue weighted by atomic mass is 10.0. The van der Waals surface area contributed by atoms with Crippen molar-refractivity contribution in [3.05, 3.63) is 0 Å². The lowest BCUT2D eigenvalue weighted by Gasteiger charge is -2.28. The summed E-state index contributed by atoms with van der Waals surface area (Å²) in [6.07, 6.45) is 22.1. The maximum Gasteiger partial charge on any atom is 0.232 e. The Hall–Kier alpha value is -1.83. The van der Waals surface area contributed by atoms with E-state index in [0.717, 1.165) is 130 Å². The highest BCUT2D eigenvalue weighted by Gasteiger charge is 2.18. The van der Waals surface area contributed by atoms with E-state index in [1.165, 1.54) is 96.3 Å². The molecule has 12 heteroatoms. The van der Waals surface area contributed by atoms with Crippen LogP contribution in [0.2, 0.25) is 0 Å². The molecule has 284 valence electrons. The molecule has 1 aromatic rings. The summed E-state index contributed by atoms with van der Waals surface area (Å²) < 4.78 is 0. The highest BCUT2D eigenvalue weighted by Crippen LogP contribution is 2.18. The number of hydrogen-bond acceptors (Lipinski definition) is 12. The Morgan fingerprint density at radius 3 is 1.06 bits per heavy atom. The van der Waals surface area contributed by atoms with E-state index in [2.05, 4.69) is 53.9 Å². The van der Waals surface area contributed by atoms with Crippen molar-refractivity contribution in [3.8, 4) is 0 Å². The fourth-order valence-corrected chi connectivity index (χ4v) is 6.53. The number of rotatable bonds is 20. The third kappa shape index (κ3) is 21.2. The summed E-state index contributed by atoms with van der Waals surface area (Å²) in [4.78, 5) is 19.7. The zero-order valence-electron chi connectivity index (χ0n) is 31.6. The first-order valence-corrected chi connectivity index (χ1v) is 20.6. The predicted molar refractivity (Wildman–Crippen MR) is 210 cm³/mol. The molecule has 0 radical (unpaired) electrons. The molecule has 1 aromatic heterocycles. The van der Waals surface area contributed by atoms with Crippen LogP contribution < -0.4 is 47.0 Å². The van der Waals surface area contributed by atoms with E-state index in [1.807, 2.05) is 0 Å². The monoisotopic (exact) mass is 689 g/mol. The number of nitrogens with one attached hydrogen (secondary N) is 7. The van der Waals surface area contributed by atoms with Crippen LogP contribution in [-0.4, -0.2) is 126 Å². The number of hydrogen-bond donors (Lipinski definition) is 7. The molecule has 0 unspecified atom stereocenters. The van der Waals surface area contributed by atoms with Crippen molar-refractivity contribution >= 4 is 17.8 Å². The SMILES string of the molecule is CCCCCCCCCCCCCCCCCCNc1nc(N2CCNCCNCCNCC2)nc(N2CCNCCNCCNCC2)n1. The van der Waals surface area contributed by atoms with Gasteiger partial charge in [0.05, 0.1) is 0 Å². The molecule has 2 aliphatic rings. The molecule has 0 amide bonds. The first-order chi connectivity index (χ1) is 24.4. The first-order valence-electron chi connectivity index (χ1n) is 20.6. The van der Waals surface area contributed by atoms with E-state index < -0.39 is 0 Å². The molecular weight excluding hydrogens is 612 g/mol. The van der Waals surface area contributed by atoms with E-state index in [9.17, 15) is 0 Å². The topological polar surface area (TPSA) is 129 Å². The van der Waals surface area contributed by atoms with Crippen molar-refractivity contribution in [2.24, 2.45) is 0 Å². The Bertz CT molecular complexity index is 819. The van der Waals surface area contributed by atoms with Gasteiger partial charge in [-0.05, 0) is 6.42 Å². The molecule has 0 aliphatic carbocycles. The number of anilines is 3. The minimum absolute atomic E-state index is 0.702. The summed E-state index contributed by atoms with van der Waals surface area (Å²) in [5.74, 6) is 2.25. The van der Waals surface area contributed by atoms with Gasteiger partial charge in [-0.3, -0.25) is 0 Å². The van der Waals surface area contributed by atoms with Crippen molar-refractivity contribution in [2.45, 2.75) is 110 Å². The standard InChI is InChI=1S/C37H76N12/c1-2-3-4-5-6-7-8-9-10-11-12-13-14-15-16-17-18-44-35-45-36(48-31-27-40-23-19-38-20-24-41-28-32-48)47-37(46-35)49-33-29-42-25-21-39-22-26-43-30-34-49/h38-43H,2-34H2,1H3,(H,44,45,46,47). The van der Waals surface area contributed by atoms with Crippen molar-refractivity contribution < 1.29 is 0 Å². The zero-order chi connectivity index (χ0) is 34.3. The van der Waals surface area contributed by atoms with Gasteiger partial charge in [0.15, 0.2) is 0 Å². The molecule has 0 atom stereocenters. The third-order valence-electron chi connectivity index (χ3n) is 9.64. The van der Waals surface area contributed by atoms with Crippen molar-refractivity contribution in [1.29, 1.82) is 0 Å². The molecule has 12 nitrogen and oxygen atoms in total. The zero-order valence-corrected chi connectivity index (χ0v) is 31.6. The van der Waals surface area contributed by atoms with Crippen LogP contribution in [0.4, 0.5) is 17.8 Å². The highest BCUT2D eigenvalue weighted by molar-refractivity contribution is 5.45. The Morgan fingerprint density at radius 1 is 0.408 bits per heavy atom. The van der Waals surface area contributed by atoms with Gasteiger partial charge in [0.25, 0.3) is 0 Å². The van der Waals surface area contributed by atoms with Gasteiger partial charge >= 0.3 is 0 Å². The number of nitrogens with zero attached hydrogens (tertiary/aromatic N) is 5. The molecular formula is C37H76N12. The molecule has 0 spiro atoms. The highest BCUT2D eigenvalue weighted by atomic mass is 15.4. The molecule has 0 bridgehead atoms. The quantitative estimate of drug-likeness (QED) is 0.101. The van der Waals surface area contributed by atoms with Crippen LogP contribution in [0.25, 0.3) is 0 Å². The summed E-state index contributed by atoms with van der Waals surface area (Å²) in [5, 5.41) is 24.9. The molecule has 49 heavy (non-hydrogen) atoms. The Kier molecular flexibility index (Phi) is 25.3. The van der Waals surface area contributed by atoms with Crippen LogP contribution in [0.1, 0.15) is 110 Å². The summed E-state index contributed by atoms with van der Waals surface area (Å²) in [5.41, 5.74) is 0. The van der Waals surface area contributed by atoms with Gasteiger partial charge in [-0.25, -0.2) is 0 Å². The minimum Gasteiger partial charge on any atom is -0.354 e. The van der Waals surface area contributed by atoms with Gasteiger partial charge in [0, 0.05) is 111 Å².